The van der Waals surface area contributed by atoms with Crippen molar-refractivity contribution in [1.82, 2.24) is 9.38 Å². The van der Waals surface area contributed by atoms with E-state index < -0.39 is 0 Å². The maximum Gasteiger partial charge on any atom is 0.306 e. The number of esters is 1. The van der Waals surface area contributed by atoms with E-state index in [0.717, 1.165) is 22.8 Å². The molecule has 124 valence electrons. The molecule has 0 saturated carbocycles. The maximum absolute atomic E-state index is 11.9. The molecule has 5 nitrogen and oxygen atoms in total. The van der Waals surface area contributed by atoms with E-state index in [1.807, 2.05) is 66.1 Å². The SMILES string of the molecule is Cc1nc2ccccn2c1COC(=O)CCCOc1ccccc1. The smallest absolute Gasteiger partial charge is 0.306 e. The zero-order valence-corrected chi connectivity index (χ0v) is 13.6. The lowest BCUT2D eigenvalue weighted by atomic mass is 10.3. The Hall–Kier alpha value is -2.82. The molecule has 0 N–H and O–H groups in total. The van der Waals surface area contributed by atoms with E-state index in [-0.39, 0.29) is 12.6 Å². The van der Waals surface area contributed by atoms with Crippen molar-refractivity contribution in [3.05, 3.63) is 66.1 Å². The average Bonchev–Trinajstić information content (AvgIpc) is 2.93. The number of fused-ring (bicyclic) bond motifs is 1. The summed E-state index contributed by atoms with van der Waals surface area (Å²) in [6.07, 6.45) is 2.88. The third kappa shape index (κ3) is 3.93. The molecule has 0 radical (unpaired) electrons. The fraction of sp³-hybridized carbons (Fsp3) is 0.263. The number of aromatic nitrogens is 2. The van der Waals surface area contributed by atoms with Gasteiger partial charge in [-0.05, 0) is 37.6 Å². The van der Waals surface area contributed by atoms with Gasteiger partial charge in [-0.25, -0.2) is 4.98 Å². The Bertz CT molecular complexity index is 812. The number of hydrogen-bond donors (Lipinski definition) is 0. The van der Waals surface area contributed by atoms with Crippen molar-refractivity contribution in [2.24, 2.45) is 0 Å². The summed E-state index contributed by atoms with van der Waals surface area (Å²) in [5.41, 5.74) is 2.64. The monoisotopic (exact) mass is 324 g/mol. The van der Waals surface area contributed by atoms with Crippen LogP contribution in [0.5, 0.6) is 5.75 Å². The van der Waals surface area contributed by atoms with Crippen molar-refractivity contribution in [2.45, 2.75) is 26.4 Å². The topological polar surface area (TPSA) is 52.8 Å². The molecule has 2 aromatic heterocycles. The van der Waals surface area contributed by atoms with Crippen molar-refractivity contribution in [3.63, 3.8) is 0 Å². The molecular formula is C19H20N2O3. The Kier molecular flexibility index (Phi) is 5.11. The van der Waals surface area contributed by atoms with Gasteiger partial charge >= 0.3 is 5.97 Å². The first-order valence-corrected chi connectivity index (χ1v) is 8.00. The normalized spacial score (nSPS) is 10.7. The predicted molar refractivity (Wildman–Crippen MR) is 90.9 cm³/mol. The van der Waals surface area contributed by atoms with Crippen molar-refractivity contribution in [3.8, 4) is 5.75 Å². The molecule has 0 aliphatic rings. The minimum absolute atomic E-state index is 0.225. The van der Waals surface area contributed by atoms with Gasteiger partial charge < -0.3 is 13.9 Å². The van der Waals surface area contributed by atoms with Gasteiger partial charge in [0.2, 0.25) is 0 Å². The third-order valence-corrected chi connectivity index (χ3v) is 3.74. The third-order valence-electron chi connectivity index (χ3n) is 3.74. The number of carbonyl (C=O) groups excluding carboxylic acids is 1. The van der Waals surface area contributed by atoms with Crippen LogP contribution in [0.2, 0.25) is 0 Å². The van der Waals surface area contributed by atoms with Crippen LogP contribution >= 0.6 is 0 Å². The van der Waals surface area contributed by atoms with Crippen molar-refractivity contribution in [2.75, 3.05) is 6.61 Å². The number of hydrogen-bond acceptors (Lipinski definition) is 4. The number of nitrogens with zero attached hydrogens (tertiary/aromatic N) is 2. The maximum atomic E-state index is 11.9. The Morgan fingerprint density at radius 2 is 1.92 bits per heavy atom. The summed E-state index contributed by atoms with van der Waals surface area (Å²) >= 11 is 0. The lowest BCUT2D eigenvalue weighted by Crippen LogP contribution is -2.08. The molecule has 24 heavy (non-hydrogen) atoms. The molecule has 0 spiro atoms. The molecule has 3 aromatic rings. The van der Waals surface area contributed by atoms with Crippen LogP contribution in [0, 0.1) is 6.92 Å². The van der Waals surface area contributed by atoms with Crippen molar-refractivity contribution in [1.29, 1.82) is 0 Å². The van der Waals surface area contributed by atoms with Crippen LogP contribution in [0.25, 0.3) is 5.65 Å². The molecule has 1 aromatic carbocycles. The second-order valence-corrected chi connectivity index (χ2v) is 5.50. The van der Waals surface area contributed by atoms with E-state index in [0.29, 0.717) is 19.4 Å². The van der Waals surface area contributed by atoms with Gasteiger partial charge in [0.1, 0.15) is 18.0 Å². The summed E-state index contributed by atoms with van der Waals surface area (Å²) in [7, 11) is 0. The van der Waals surface area contributed by atoms with Gasteiger partial charge in [-0.3, -0.25) is 4.79 Å². The number of aryl methyl sites for hydroxylation is 1. The minimum Gasteiger partial charge on any atom is -0.494 e. The molecule has 0 amide bonds. The molecule has 0 saturated heterocycles. The fourth-order valence-electron chi connectivity index (χ4n) is 2.48. The van der Waals surface area contributed by atoms with Crippen LogP contribution < -0.4 is 4.74 Å². The summed E-state index contributed by atoms with van der Waals surface area (Å²) < 4.78 is 12.9. The second-order valence-electron chi connectivity index (χ2n) is 5.50. The fourth-order valence-corrected chi connectivity index (χ4v) is 2.48. The lowest BCUT2D eigenvalue weighted by Gasteiger charge is -2.07. The number of para-hydroxylation sites is 1. The molecule has 3 rings (SSSR count). The Balaban J connectivity index is 1.44. The minimum atomic E-state index is -0.225. The molecule has 2 heterocycles. The van der Waals surface area contributed by atoms with Crippen LogP contribution in [0.4, 0.5) is 0 Å². The summed E-state index contributed by atoms with van der Waals surface area (Å²) in [5, 5.41) is 0. The first-order valence-electron chi connectivity index (χ1n) is 8.00. The molecular weight excluding hydrogens is 304 g/mol. The number of rotatable bonds is 7. The second kappa shape index (κ2) is 7.64. The Morgan fingerprint density at radius 3 is 2.75 bits per heavy atom. The van der Waals surface area contributed by atoms with Gasteiger partial charge in [-0.2, -0.15) is 0 Å². The Labute approximate surface area is 140 Å². The number of carbonyl (C=O) groups is 1. The first kappa shape index (κ1) is 16.1. The summed E-state index contributed by atoms with van der Waals surface area (Å²) in [5.74, 6) is 0.587. The zero-order valence-electron chi connectivity index (χ0n) is 13.6. The average molecular weight is 324 g/mol. The van der Waals surface area contributed by atoms with Gasteiger partial charge in [-0.15, -0.1) is 0 Å². The molecule has 0 unspecified atom stereocenters. The zero-order chi connectivity index (χ0) is 16.8. The number of benzene rings is 1. The molecule has 0 aliphatic carbocycles. The van der Waals surface area contributed by atoms with E-state index in [1.54, 1.807) is 0 Å². The van der Waals surface area contributed by atoms with Gasteiger partial charge in [-0.1, -0.05) is 24.3 Å². The molecule has 0 fully saturated rings. The van der Waals surface area contributed by atoms with Crippen LogP contribution in [0.1, 0.15) is 24.2 Å². The lowest BCUT2D eigenvalue weighted by molar-refractivity contribution is -0.145. The Morgan fingerprint density at radius 1 is 1.12 bits per heavy atom. The van der Waals surface area contributed by atoms with Gasteiger partial charge in [0, 0.05) is 12.6 Å². The summed E-state index contributed by atoms with van der Waals surface area (Å²) in [6, 6.07) is 15.4. The van der Waals surface area contributed by atoms with Crippen LogP contribution in [-0.4, -0.2) is 22.0 Å². The highest BCUT2D eigenvalue weighted by molar-refractivity contribution is 5.69. The van der Waals surface area contributed by atoms with Crippen molar-refractivity contribution >= 4 is 11.6 Å². The highest BCUT2D eigenvalue weighted by Gasteiger charge is 2.11. The molecule has 5 heteroatoms. The van der Waals surface area contributed by atoms with Gasteiger partial charge in [0.25, 0.3) is 0 Å². The summed E-state index contributed by atoms with van der Waals surface area (Å²) in [6.45, 7) is 2.65. The number of pyridine rings is 1. The quantitative estimate of drug-likeness (QED) is 0.493. The van der Waals surface area contributed by atoms with E-state index in [1.165, 1.54) is 0 Å². The highest BCUT2D eigenvalue weighted by Crippen LogP contribution is 2.13. The van der Waals surface area contributed by atoms with Crippen LogP contribution in [-0.2, 0) is 16.1 Å². The summed E-state index contributed by atoms with van der Waals surface area (Å²) in [4.78, 5) is 16.3. The van der Waals surface area contributed by atoms with E-state index in [4.69, 9.17) is 9.47 Å². The molecule has 0 bridgehead atoms. The van der Waals surface area contributed by atoms with E-state index in [2.05, 4.69) is 4.98 Å². The largest absolute Gasteiger partial charge is 0.494 e. The highest BCUT2D eigenvalue weighted by atomic mass is 16.5. The van der Waals surface area contributed by atoms with Crippen LogP contribution in [0.15, 0.2) is 54.7 Å². The van der Waals surface area contributed by atoms with E-state index >= 15 is 0 Å². The molecule has 0 aliphatic heterocycles. The van der Waals surface area contributed by atoms with Crippen molar-refractivity contribution < 1.29 is 14.3 Å². The molecule has 0 atom stereocenters. The standard InChI is InChI=1S/C19H20N2O3/c1-15-17(21-12-6-5-10-18(21)20-15)14-24-19(22)11-7-13-23-16-8-3-2-4-9-16/h2-6,8-10,12H,7,11,13-14H2,1H3. The predicted octanol–water partition coefficient (Wildman–Crippen LogP) is 3.55. The first-order chi connectivity index (χ1) is 11.7. The van der Waals surface area contributed by atoms with Crippen LogP contribution in [0.3, 0.4) is 0 Å². The van der Waals surface area contributed by atoms with E-state index in [9.17, 15) is 4.79 Å². The van der Waals surface area contributed by atoms with Gasteiger partial charge in [0.15, 0.2) is 0 Å². The number of imidazole rings is 1. The number of ether oxygens (including phenoxy) is 2. The van der Waals surface area contributed by atoms with Gasteiger partial charge in [0.05, 0.1) is 18.0 Å².